The summed E-state index contributed by atoms with van der Waals surface area (Å²) in [6.07, 6.45) is 47.9. The minimum absolute atomic E-state index is 0.139. The number of hydrogen-bond acceptors (Lipinski definition) is 1. The van der Waals surface area contributed by atoms with Gasteiger partial charge in [0, 0.05) is 5.92 Å². The summed E-state index contributed by atoms with van der Waals surface area (Å²) in [5.74, 6) is 8.97. The van der Waals surface area contributed by atoms with Gasteiger partial charge in [-0.1, -0.05) is 42.5 Å². The number of rotatable bonds is 9. The number of allylic oxidation sites excluding steroid dienone is 8. The Kier molecular flexibility index (Phi) is 21.1. The summed E-state index contributed by atoms with van der Waals surface area (Å²) in [4.78, 5) is 10.8. The largest absolute Gasteiger partial charge is 0.303 e. The highest BCUT2D eigenvalue weighted by atomic mass is 19.3. The highest BCUT2D eigenvalue weighted by molar-refractivity contribution is 5.53. The molecule has 0 saturated heterocycles. The Hall–Kier alpha value is -1.84. The highest BCUT2D eigenvalue weighted by Gasteiger charge is 2.32. The van der Waals surface area contributed by atoms with Crippen molar-refractivity contribution in [2.75, 3.05) is 0 Å². The molecular formula is C50H79F3O. The van der Waals surface area contributed by atoms with Crippen molar-refractivity contribution < 1.29 is 18.0 Å². The molecule has 0 aromatic carbocycles. The van der Waals surface area contributed by atoms with Crippen LogP contribution < -0.4 is 0 Å². The van der Waals surface area contributed by atoms with E-state index in [1.807, 2.05) is 0 Å². The maximum Gasteiger partial charge on any atom is 0.266 e. The topological polar surface area (TPSA) is 17.1 Å². The van der Waals surface area contributed by atoms with Gasteiger partial charge in [0.05, 0.1) is 6.33 Å². The van der Waals surface area contributed by atoms with E-state index in [2.05, 4.69) is 57.2 Å². The number of aldehydes is 1. The van der Waals surface area contributed by atoms with Crippen LogP contribution in [0.3, 0.4) is 0 Å². The molecule has 0 bridgehead atoms. The van der Waals surface area contributed by atoms with E-state index in [9.17, 15) is 18.0 Å². The summed E-state index contributed by atoms with van der Waals surface area (Å²) in [5.41, 5.74) is 0. The monoisotopic (exact) mass is 753 g/mol. The minimum Gasteiger partial charge on any atom is -0.303 e. The normalized spacial score (nSPS) is 38.0. The Morgan fingerprint density at radius 2 is 0.611 bits per heavy atom. The average molecular weight is 753 g/mol. The SMILES string of the molecule is C/C=C/C1CCC(C2CCC(/C=C/F)CC2)CC1.C/C=C/C1CCC(C2CCC(C=C(F)F)CC2)CC1.C/C=C/C1CCC(C2CCC(C=O)CC2)CC1. The second kappa shape index (κ2) is 25.4. The van der Waals surface area contributed by atoms with Crippen molar-refractivity contribution in [3.05, 3.63) is 61.0 Å². The first-order valence-electron chi connectivity index (χ1n) is 23.0. The standard InChI is InChI=1S/C17H26F2.C17H27F.C16H26O/c1-2-3-13-4-8-15(9-5-13)16-10-6-14(7-11-16)12-17(18)19;1-2-3-14-4-8-16(9-5-14)17-10-6-15(7-11-17)12-13-18;1-2-3-13-4-8-15(9-5-13)16-10-6-14(12-17)7-11-16/h2-3,12-16H,4-11H2,1H3;2-3,12-17H,4-11H2,1H3;2-3,12-16H,4-11H2,1H3/b3-2+;3-2+,13-12+;3-2+. The second-order valence-corrected chi connectivity index (χ2v) is 18.5. The molecule has 0 N–H and O–H groups in total. The van der Waals surface area contributed by atoms with Gasteiger partial charge in [-0.25, -0.2) is 4.39 Å². The van der Waals surface area contributed by atoms with Crippen LogP contribution in [-0.2, 0) is 4.79 Å². The van der Waals surface area contributed by atoms with E-state index < -0.39 is 6.08 Å². The first kappa shape index (κ1) is 44.9. The van der Waals surface area contributed by atoms with E-state index in [0.29, 0.717) is 11.8 Å². The molecule has 0 aromatic heterocycles. The van der Waals surface area contributed by atoms with Crippen molar-refractivity contribution in [3.63, 3.8) is 0 Å². The molecule has 0 aliphatic heterocycles. The molecule has 306 valence electrons. The van der Waals surface area contributed by atoms with Gasteiger partial charge in [0.25, 0.3) is 6.08 Å². The number of hydrogen-bond donors (Lipinski definition) is 0. The van der Waals surface area contributed by atoms with Gasteiger partial charge in [0.1, 0.15) is 6.29 Å². The van der Waals surface area contributed by atoms with Crippen LogP contribution in [0.15, 0.2) is 61.0 Å². The van der Waals surface area contributed by atoms with Crippen molar-refractivity contribution in [2.45, 2.75) is 175 Å². The second-order valence-electron chi connectivity index (χ2n) is 18.5. The summed E-state index contributed by atoms with van der Waals surface area (Å²) in [7, 11) is 0. The van der Waals surface area contributed by atoms with Crippen molar-refractivity contribution in [3.8, 4) is 0 Å². The van der Waals surface area contributed by atoms with Crippen LogP contribution in [0.4, 0.5) is 13.2 Å². The van der Waals surface area contributed by atoms with Crippen LogP contribution in [0, 0.1) is 71.0 Å². The molecule has 4 heteroatoms. The Balaban J connectivity index is 0.000000181. The fraction of sp³-hybridized carbons (Fsp3) is 0.780. The fourth-order valence-electron chi connectivity index (χ4n) is 11.9. The molecule has 54 heavy (non-hydrogen) atoms. The van der Waals surface area contributed by atoms with Gasteiger partial charge < -0.3 is 4.79 Å². The summed E-state index contributed by atoms with van der Waals surface area (Å²) in [5, 5.41) is 0. The van der Waals surface area contributed by atoms with Gasteiger partial charge in [0.2, 0.25) is 0 Å². The van der Waals surface area contributed by atoms with E-state index in [1.54, 1.807) is 6.08 Å². The van der Waals surface area contributed by atoms with E-state index >= 15 is 0 Å². The molecule has 0 heterocycles. The van der Waals surface area contributed by atoms with E-state index in [4.69, 9.17) is 0 Å². The van der Waals surface area contributed by atoms with Crippen LogP contribution in [0.25, 0.3) is 0 Å². The number of carbonyl (C=O) groups excluding carboxylic acids is 1. The van der Waals surface area contributed by atoms with Crippen LogP contribution in [-0.4, -0.2) is 6.29 Å². The highest BCUT2D eigenvalue weighted by Crippen LogP contribution is 2.44. The third-order valence-electron chi connectivity index (χ3n) is 15.2. The summed E-state index contributed by atoms with van der Waals surface area (Å²) in [6.45, 7) is 6.36. The molecule has 0 aromatic rings. The predicted molar refractivity (Wildman–Crippen MR) is 224 cm³/mol. The Labute approximate surface area is 330 Å². The van der Waals surface area contributed by atoms with Crippen molar-refractivity contribution in [2.24, 2.45) is 71.0 Å². The zero-order valence-electron chi connectivity index (χ0n) is 34.7. The van der Waals surface area contributed by atoms with Crippen molar-refractivity contribution >= 4 is 6.29 Å². The average Bonchev–Trinajstić information content (AvgIpc) is 3.20. The van der Waals surface area contributed by atoms with Crippen LogP contribution >= 0.6 is 0 Å². The van der Waals surface area contributed by atoms with Crippen molar-refractivity contribution in [1.82, 2.24) is 0 Å². The zero-order valence-corrected chi connectivity index (χ0v) is 34.7. The first-order chi connectivity index (χ1) is 26.3. The molecule has 0 spiro atoms. The van der Waals surface area contributed by atoms with Gasteiger partial charge in [0.15, 0.2) is 0 Å². The summed E-state index contributed by atoms with van der Waals surface area (Å²) in [6, 6.07) is 0. The molecule has 0 unspecified atom stereocenters. The lowest BCUT2D eigenvalue weighted by atomic mass is 9.69. The third kappa shape index (κ3) is 15.6. The third-order valence-corrected chi connectivity index (χ3v) is 15.2. The Morgan fingerprint density at radius 1 is 0.370 bits per heavy atom. The quantitative estimate of drug-likeness (QED) is 0.169. The number of halogens is 3. The lowest BCUT2D eigenvalue weighted by molar-refractivity contribution is -0.112. The molecule has 6 fully saturated rings. The first-order valence-corrected chi connectivity index (χ1v) is 23.0. The van der Waals surface area contributed by atoms with E-state index in [0.717, 1.165) is 98.1 Å². The van der Waals surface area contributed by atoms with Gasteiger partial charge in [-0.3, -0.25) is 0 Å². The molecule has 0 amide bonds. The summed E-state index contributed by atoms with van der Waals surface area (Å²) < 4.78 is 36.6. The van der Waals surface area contributed by atoms with E-state index in [-0.39, 0.29) is 5.92 Å². The molecule has 6 aliphatic carbocycles. The summed E-state index contributed by atoms with van der Waals surface area (Å²) >= 11 is 0. The lowest BCUT2D eigenvalue weighted by Crippen LogP contribution is -2.25. The van der Waals surface area contributed by atoms with Gasteiger partial charge in [-0.2, -0.15) is 8.78 Å². The molecular weight excluding hydrogens is 674 g/mol. The van der Waals surface area contributed by atoms with Gasteiger partial charge in [-0.05, 0) is 246 Å². The Morgan fingerprint density at radius 3 is 0.833 bits per heavy atom. The van der Waals surface area contributed by atoms with Crippen molar-refractivity contribution in [1.29, 1.82) is 0 Å². The Bertz CT molecular complexity index is 1100. The van der Waals surface area contributed by atoms with E-state index in [1.165, 1.54) is 128 Å². The molecule has 6 aliphatic rings. The molecule has 6 saturated carbocycles. The predicted octanol–water partition coefficient (Wildman–Crippen LogP) is 16.0. The van der Waals surface area contributed by atoms with Crippen LogP contribution in [0.5, 0.6) is 0 Å². The molecule has 0 atom stereocenters. The van der Waals surface area contributed by atoms with Crippen LogP contribution in [0.2, 0.25) is 0 Å². The molecule has 0 radical (unpaired) electrons. The zero-order chi connectivity index (χ0) is 38.5. The lowest BCUT2D eigenvalue weighted by Gasteiger charge is -2.36. The number of carbonyl (C=O) groups is 1. The smallest absolute Gasteiger partial charge is 0.266 e. The van der Waals surface area contributed by atoms with Gasteiger partial charge in [-0.15, -0.1) is 0 Å². The molecule has 1 nitrogen and oxygen atoms in total. The maximum atomic E-state index is 12.2. The molecule has 6 rings (SSSR count). The minimum atomic E-state index is -1.49. The van der Waals surface area contributed by atoms with Crippen LogP contribution in [0.1, 0.15) is 175 Å². The van der Waals surface area contributed by atoms with Gasteiger partial charge >= 0.3 is 0 Å². The fourth-order valence-corrected chi connectivity index (χ4v) is 11.9. The maximum absolute atomic E-state index is 12.2.